The highest BCUT2D eigenvalue weighted by Crippen LogP contribution is 2.37. The van der Waals surface area contributed by atoms with Gasteiger partial charge in [-0.25, -0.2) is 4.74 Å². The van der Waals surface area contributed by atoms with Gasteiger partial charge in [-0.1, -0.05) is 0 Å². The van der Waals surface area contributed by atoms with Crippen LogP contribution in [0.1, 0.15) is 39.5 Å². The van der Waals surface area contributed by atoms with Crippen LogP contribution in [0.5, 0.6) is 0 Å². The van der Waals surface area contributed by atoms with Crippen LogP contribution in [-0.2, 0) is 0 Å². The van der Waals surface area contributed by atoms with Gasteiger partial charge in [0.05, 0.1) is 0 Å². The third kappa shape index (κ3) is 0.883. The second-order valence-electron chi connectivity index (χ2n) is 4.39. The van der Waals surface area contributed by atoms with Crippen molar-refractivity contribution in [2.75, 3.05) is 0 Å². The van der Waals surface area contributed by atoms with Crippen molar-refractivity contribution in [1.29, 1.82) is 0 Å². The zero-order valence-electron chi connectivity index (χ0n) is 7.26. The standard InChI is InChI=1S/C9H15NO/c1-9(2)6-7-4-3-5-8(7)10(9)11/h7H,3-6H2,1-2H3. The average molecular weight is 153 g/mol. The van der Waals surface area contributed by atoms with Crippen molar-refractivity contribution in [2.24, 2.45) is 5.92 Å². The van der Waals surface area contributed by atoms with E-state index in [4.69, 9.17) is 0 Å². The van der Waals surface area contributed by atoms with Gasteiger partial charge in [0.25, 0.3) is 0 Å². The Morgan fingerprint density at radius 2 is 2.27 bits per heavy atom. The quantitative estimate of drug-likeness (QED) is 0.385. The topological polar surface area (TPSA) is 26.1 Å². The Hall–Kier alpha value is -0.530. The molecule has 1 heterocycles. The first-order valence-corrected chi connectivity index (χ1v) is 4.44. The maximum Gasteiger partial charge on any atom is 0.168 e. The lowest BCUT2D eigenvalue weighted by atomic mass is 9.94. The SMILES string of the molecule is CC1(C)CC2CCCC2=[N+]1[O-]. The van der Waals surface area contributed by atoms with Crippen molar-refractivity contribution in [3.63, 3.8) is 0 Å². The molecule has 0 amide bonds. The average Bonchev–Trinajstić information content (AvgIpc) is 2.39. The number of rotatable bonds is 0. The van der Waals surface area contributed by atoms with E-state index in [1.54, 1.807) is 0 Å². The van der Waals surface area contributed by atoms with Gasteiger partial charge < -0.3 is 5.21 Å². The number of fused-ring (bicyclic) bond motifs is 1. The highest BCUT2D eigenvalue weighted by Gasteiger charge is 2.45. The normalized spacial score (nSPS) is 34.5. The fraction of sp³-hybridized carbons (Fsp3) is 0.889. The van der Waals surface area contributed by atoms with Crippen LogP contribution in [0.25, 0.3) is 0 Å². The summed E-state index contributed by atoms with van der Waals surface area (Å²) in [6.45, 7) is 4.09. The fourth-order valence-corrected chi connectivity index (χ4v) is 2.46. The summed E-state index contributed by atoms with van der Waals surface area (Å²) in [6.07, 6.45) is 4.61. The van der Waals surface area contributed by atoms with Gasteiger partial charge in [-0.15, -0.1) is 0 Å². The minimum Gasteiger partial charge on any atom is -0.623 e. The highest BCUT2D eigenvalue weighted by molar-refractivity contribution is 5.85. The lowest BCUT2D eigenvalue weighted by molar-refractivity contribution is -0.532. The van der Waals surface area contributed by atoms with Crippen molar-refractivity contribution >= 4 is 5.71 Å². The van der Waals surface area contributed by atoms with Crippen molar-refractivity contribution in [3.8, 4) is 0 Å². The molecule has 1 unspecified atom stereocenters. The maximum absolute atomic E-state index is 11.6. The van der Waals surface area contributed by atoms with Gasteiger partial charge in [-0.05, 0) is 12.8 Å². The van der Waals surface area contributed by atoms with Gasteiger partial charge >= 0.3 is 0 Å². The maximum atomic E-state index is 11.6. The number of hydrogen-bond donors (Lipinski definition) is 0. The summed E-state index contributed by atoms with van der Waals surface area (Å²) in [6, 6.07) is 0. The van der Waals surface area contributed by atoms with E-state index in [1.165, 1.54) is 23.3 Å². The highest BCUT2D eigenvalue weighted by atomic mass is 16.5. The Balaban J connectivity index is 2.35. The predicted molar refractivity (Wildman–Crippen MR) is 44.7 cm³/mol. The lowest BCUT2D eigenvalue weighted by Crippen LogP contribution is -2.29. The van der Waals surface area contributed by atoms with E-state index in [-0.39, 0.29) is 5.54 Å². The first kappa shape index (κ1) is 7.14. The molecule has 0 aromatic rings. The predicted octanol–water partition coefficient (Wildman–Crippen LogP) is 1.92. The Labute approximate surface area is 67.5 Å². The second-order valence-corrected chi connectivity index (χ2v) is 4.39. The Morgan fingerprint density at radius 1 is 1.55 bits per heavy atom. The van der Waals surface area contributed by atoms with Crippen LogP contribution in [0.3, 0.4) is 0 Å². The summed E-state index contributed by atoms with van der Waals surface area (Å²) in [5.41, 5.74) is 1.07. The van der Waals surface area contributed by atoms with Gasteiger partial charge in [-0.3, -0.25) is 0 Å². The minimum absolute atomic E-state index is 0.111. The van der Waals surface area contributed by atoms with Crippen LogP contribution >= 0.6 is 0 Å². The van der Waals surface area contributed by atoms with Crippen LogP contribution in [0, 0.1) is 11.1 Å². The summed E-state index contributed by atoms with van der Waals surface area (Å²) in [5, 5.41) is 11.6. The van der Waals surface area contributed by atoms with Gasteiger partial charge in [0, 0.05) is 32.6 Å². The number of hydrogen-bond acceptors (Lipinski definition) is 1. The first-order chi connectivity index (χ1) is 5.11. The van der Waals surface area contributed by atoms with Crippen molar-refractivity contribution < 1.29 is 4.74 Å². The molecule has 0 saturated heterocycles. The van der Waals surface area contributed by atoms with Gasteiger partial charge in [0.2, 0.25) is 0 Å². The lowest BCUT2D eigenvalue weighted by Gasteiger charge is -2.18. The van der Waals surface area contributed by atoms with Crippen molar-refractivity contribution in [3.05, 3.63) is 5.21 Å². The first-order valence-electron chi connectivity index (χ1n) is 4.44. The second kappa shape index (κ2) is 1.99. The number of hydroxylamine groups is 1. The van der Waals surface area contributed by atoms with E-state index in [2.05, 4.69) is 0 Å². The zero-order chi connectivity index (χ0) is 8.06. The third-order valence-electron chi connectivity index (χ3n) is 3.01. The Kier molecular flexibility index (Phi) is 1.29. The van der Waals surface area contributed by atoms with E-state index in [9.17, 15) is 5.21 Å². The van der Waals surface area contributed by atoms with E-state index >= 15 is 0 Å². The smallest absolute Gasteiger partial charge is 0.168 e. The van der Waals surface area contributed by atoms with E-state index in [1.807, 2.05) is 13.8 Å². The summed E-state index contributed by atoms with van der Waals surface area (Å²) in [5.74, 6) is 0.627. The molecule has 0 aromatic carbocycles. The molecule has 1 aliphatic carbocycles. The van der Waals surface area contributed by atoms with Crippen LogP contribution in [0.2, 0.25) is 0 Å². The Morgan fingerprint density at radius 3 is 2.91 bits per heavy atom. The van der Waals surface area contributed by atoms with Gasteiger partial charge in [0.15, 0.2) is 11.3 Å². The molecule has 2 aliphatic rings. The molecule has 2 heteroatoms. The largest absolute Gasteiger partial charge is 0.623 e. The molecule has 62 valence electrons. The third-order valence-corrected chi connectivity index (χ3v) is 3.01. The zero-order valence-corrected chi connectivity index (χ0v) is 7.26. The van der Waals surface area contributed by atoms with E-state index in [0.29, 0.717) is 5.92 Å². The molecule has 0 radical (unpaired) electrons. The van der Waals surface area contributed by atoms with Crippen LogP contribution in [0.4, 0.5) is 0 Å². The van der Waals surface area contributed by atoms with Crippen LogP contribution in [0.15, 0.2) is 0 Å². The molecule has 1 saturated carbocycles. The summed E-state index contributed by atoms with van der Waals surface area (Å²) >= 11 is 0. The summed E-state index contributed by atoms with van der Waals surface area (Å²) < 4.78 is 1.27. The molecule has 1 fully saturated rings. The molecular weight excluding hydrogens is 138 g/mol. The molecule has 0 spiro atoms. The molecule has 1 aliphatic heterocycles. The molecular formula is C9H15NO. The van der Waals surface area contributed by atoms with Crippen molar-refractivity contribution in [1.82, 2.24) is 0 Å². The summed E-state index contributed by atoms with van der Waals surface area (Å²) in [7, 11) is 0. The summed E-state index contributed by atoms with van der Waals surface area (Å²) in [4.78, 5) is 0. The van der Waals surface area contributed by atoms with Gasteiger partial charge in [0.1, 0.15) is 0 Å². The fourth-order valence-electron chi connectivity index (χ4n) is 2.46. The van der Waals surface area contributed by atoms with Gasteiger partial charge in [-0.2, -0.15) is 0 Å². The molecule has 0 aromatic heterocycles. The molecule has 1 atom stereocenters. The monoisotopic (exact) mass is 153 g/mol. The van der Waals surface area contributed by atoms with E-state index < -0.39 is 0 Å². The van der Waals surface area contributed by atoms with Crippen molar-refractivity contribution in [2.45, 2.75) is 45.1 Å². The van der Waals surface area contributed by atoms with Crippen LogP contribution < -0.4 is 0 Å². The molecule has 0 bridgehead atoms. The molecule has 2 rings (SSSR count). The Bertz CT molecular complexity index is 218. The molecule has 2 nitrogen and oxygen atoms in total. The number of nitrogens with zero attached hydrogens (tertiary/aromatic N) is 1. The van der Waals surface area contributed by atoms with E-state index in [0.717, 1.165) is 12.8 Å². The van der Waals surface area contributed by atoms with Crippen LogP contribution in [-0.4, -0.2) is 16.0 Å². The molecule has 11 heavy (non-hydrogen) atoms. The molecule has 0 N–H and O–H groups in total. The minimum atomic E-state index is -0.111.